The second-order valence-corrected chi connectivity index (χ2v) is 9.66. The summed E-state index contributed by atoms with van der Waals surface area (Å²) in [6, 6.07) is 3.35. The van der Waals surface area contributed by atoms with Crippen molar-refractivity contribution in [1.82, 2.24) is 24.6 Å². The van der Waals surface area contributed by atoms with Gasteiger partial charge in [-0.2, -0.15) is 5.10 Å². The lowest BCUT2D eigenvalue weighted by Gasteiger charge is -2.19. The number of carbonyl (C=O) groups is 3. The molecule has 0 aliphatic carbocycles. The molecule has 2 amide bonds. The van der Waals surface area contributed by atoms with Crippen LogP contribution >= 0.6 is 11.3 Å². The molecular weight excluding hydrogens is 472 g/mol. The number of hydrogen-bond donors (Lipinski definition) is 2. The maximum Gasteiger partial charge on any atom is 0.407 e. The zero-order valence-corrected chi connectivity index (χ0v) is 21.5. The molecular formula is C23H30N6O5S. The number of fused-ring (bicyclic) bond motifs is 1. The number of nitrogens with one attached hydrogen (secondary N) is 2. The minimum atomic E-state index is -0.578. The Hall–Kier alpha value is -3.67. The van der Waals surface area contributed by atoms with E-state index >= 15 is 0 Å². The average Bonchev–Trinajstić information content (AvgIpc) is 3.44. The fraction of sp³-hybridized carbons (Fsp3) is 0.435. The van der Waals surface area contributed by atoms with E-state index in [1.54, 1.807) is 48.2 Å². The van der Waals surface area contributed by atoms with Gasteiger partial charge in [0.1, 0.15) is 26.5 Å². The SMILES string of the molecule is CCn1nc(C)cc1C(=O)Nc1nc2cc(C(=O)OC)sc2n1C/C=C/CNC(=O)OC(C)(C)C. The molecule has 0 aliphatic heterocycles. The maximum absolute atomic E-state index is 13.0. The summed E-state index contributed by atoms with van der Waals surface area (Å²) in [6.07, 6.45) is 3.08. The van der Waals surface area contributed by atoms with E-state index in [0.717, 1.165) is 5.69 Å². The van der Waals surface area contributed by atoms with Crippen molar-refractivity contribution in [2.45, 2.75) is 53.3 Å². The predicted molar refractivity (Wildman–Crippen MR) is 133 cm³/mol. The Morgan fingerprint density at radius 1 is 1.20 bits per heavy atom. The van der Waals surface area contributed by atoms with Gasteiger partial charge in [-0.05, 0) is 46.8 Å². The van der Waals surface area contributed by atoms with E-state index in [0.29, 0.717) is 40.0 Å². The van der Waals surface area contributed by atoms with E-state index in [2.05, 4.69) is 20.7 Å². The third-order valence-corrected chi connectivity index (χ3v) is 5.81. The van der Waals surface area contributed by atoms with Crippen molar-refractivity contribution in [2.75, 3.05) is 19.0 Å². The van der Waals surface area contributed by atoms with Crippen LogP contribution in [-0.4, -0.2) is 56.6 Å². The highest BCUT2D eigenvalue weighted by atomic mass is 32.1. The molecule has 11 nitrogen and oxygen atoms in total. The van der Waals surface area contributed by atoms with Crippen molar-refractivity contribution in [3.63, 3.8) is 0 Å². The zero-order valence-electron chi connectivity index (χ0n) is 20.7. The van der Waals surface area contributed by atoms with Gasteiger partial charge < -0.3 is 14.8 Å². The number of nitrogens with zero attached hydrogens (tertiary/aromatic N) is 4. The molecule has 0 bridgehead atoms. The molecule has 0 unspecified atom stereocenters. The van der Waals surface area contributed by atoms with Crippen LogP contribution in [-0.2, 0) is 22.6 Å². The van der Waals surface area contributed by atoms with Crippen LogP contribution in [0.25, 0.3) is 10.3 Å². The summed E-state index contributed by atoms with van der Waals surface area (Å²) >= 11 is 1.22. The van der Waals surface area contributed by atoms with Crippen LogP contribution < -0.4 is 10.6 Å². The fourth-order valence-corrected chi connectivity index (χ4v) is 4.26. The minimum Gasteiger partial charge on any atom is -0.465 e. The first-order valence-electron chi connectivity index (χ1n) is 11.1. The van der Waals surface area contributed by atoms with Crippen molar-refractivity contribution in [3.05, 3.63) is 40.5 Å². The standard InChI is InChI=1S/C23H30N6O5S/c1-7-29-16(12-14(2)27-29)18(30)26-21-25-15-13-17(20(31)33-6)35-19(15)28(21)11-9-8-10-24-22(32)34-23(3,4)5/h8-9,12-13H,7,10-11H2,1-6H3,(H,24,32)(H,25,26,30)/b9-8+. The Morgan fingerprint density at radius 3 is 2.60 bits per heavy atom. The molecule has 12 heteroatoms. The molecule has 0 saturated carbocycles. The molecule has 3 rings (SSSR count). The van der Waals surface area contributed by atoms with Gasteiger partial charge in [-0.3, -0.25) is 19.4 Å². The van der Waals surface area contributed by atoms with Crippen molar-refractivity contribution in [2.24, 2.45) is 0 Å². The molecule has 0 radical (unpaired) electrons. The van der Waals surface area contributed by atoms with Gasteiger partial charge in [0.25, 0.3) is 5.91 Å². The molecule has 3 aromatic rings. The van der Waals surface area contributed by atoms with Gasteiger partial charge in [-0.1, -0.05) is 12.2 Å². The Balaban J connectivity index is 1.81. The molecule has 2 N–H and O–H groups in total. The second-order valence-electron chi connectivity index (χ2n) is 8.63. The third kappa shape index (κ3) is 6.47. The number of aryl methyl sites for hydroxylation is 2. The van der Waals surface area contributed by atoms with Crippen molar-refractivity contribution >= 4 is 45.6 Å². The normalized spacial score (nSPS) is 11.7. The number of hydrogen-bond acceptors (Lipinski definition) is 8. The molecule has 0 spiro atoms. The minimum absolute atomic E-state index is 0.265. The van der Waals surface area contributed by atoms with Crippen LogP contribution in [0.3, 0.4) is 0 Å². The smallest absolute Gasteiger partial charge is 0.407 e. The number of imidazole rings is 1. The lowest BCUT2D eigenvalue weighted by Crippen LogP contribution is -2.32. The Morgan fingerprint density at radius 2 is 1.94 bits per heavy atom. The summed E-state index contributed by atoms with van der Waals surface area (Å²) in [6.45, 7) is 10.3. The number of anilines is 1. The average molecular weight is 503 g/mol. The van der Waals surface area contributed by atoms with Crippen LogP contribution in [0.15, 0.2) is 24.3 Å². The highest BCUT2D eigenvalue weighted by Gasteiger charge is 2.21. The fourth-order valence-electron chi connectivity index (χ4n) is 3.24. The van der Waals surface area contributed by atoms with Gasteiger partial charge in [0.15, 0.2) is 0 Å². The van der Waals surface area contributed by atoms with Gasteiger partial charge in [-0.15, -0.1) is 11.3 Å². The number of amides is 2. The highest BCUT2D eigenvalue weighted by molar-refractivity contribution is 7.20. The number of methoxy groups -OCH3 is 1. The predicted octanol–water partition coefficient (Wildman–Crippen LogP) is 3.74. The third-order valence-electron chi connectivity index (χ3n) is 4.68. The summed E-state index contributed by atoms with van der Waals surface area (Å²) in [5.41, 5.74) is 1.15. The molecule has 3 aromatic heterocycles. The van der Waals surface area contributed by atoms with E-state index in [1.165, 1.54) is 18.4 Å². The van der Waals surface area contributed by atoms with E-state index in [1.807, 2.05) is 19.9 Å². The van der Waals surface area contributed by atoms with Gasteiger partial charge in [0, 0.05) is 19.6 Å². The van der Waals surface area contributed by atoms with Crippen LogP contribution in [0, 0.1) is 6.92 Å². The lowest BCUT2D eigenvalue weighted by atomic mass is 10.2. The van der Waals surface area contributed by atoms with Gasteiger partial charge >= 0.3 is 12.1 Å². The number of allylic oxidation sites excluding steroid dienone is 1. The van der Waals surface area contributed by atoms with E-state index in [9.17, 15) is 14.4 Å². The first kappa shape index (κ1) is 25.9. The number of carbonyl (C=O) groups excluding carboxylic acids is 3. The van der Waals surface area contributed by atoms with Gasteiger partial charge in [0.05, 0.1) is 12.8 Å². The summed E-state index contributed by atoms with van der Waals surface area (Å²) in [7, 11) is 1.32. The van der Waals surface area contributed by atoms with Gasteiger partial charge in [-0.25, -0.2) is 14.6 Å². The monoisotopic (exact) mass is 502 g/mol. The Bertz CT molecular complexity index is 1260. The van der Waals surface area contributed by atoms with Crippen molar-refractivity contribution < 1.29 is 23.9 Å². The Kier molecular flexibility index (Phi) is 7.95. The molecule has 35 heavy (non-hydrogen) atoms. The van der Waals surface area contributed by atoms with Crippen LogP contribution in [0.4, 0.5) is 10.7 Å². The molecule has 0 aromatic carbocycles. The van der Waals surface area contributed by atoms with E-state index in [4.69, 9.17) is 9.47 Å². The first-order valence-corrected chi connectivity index (χ1v) is 11.9. The quantitative estimate of drug-likeness (QED) is 0.354. The van der Waals surface area contributed by atoms with Crippen LogP contribution in [0.5, 0.6) is 0 Å². The number of ether oxygens (including phenoxy) is 2. The summed E-state index contributed by atoms with van der Waals surface area (Å²) in [5, 5.41) is 9.83. The van der Waals surface area contributed by atoms with Crippen molar-refractivity contribution in [1.29, 1.82) is 0 Å². The first-order chi connectivity index (χ1) is 16.5. The molecule has 0 saturated heterocycles. The summed E-state index contributed by atoms with van der Waals surface area (Å²) < 4.78 is 13.4. The molecule has 3 heterocycles. The van der Waals surface area contributed by atoms with Crippen molar-refractivity contribution in [3.8, 4) is 0 Å². The maximum atomic E-state index is 13.0. The second kappa shape index (κ2) is 10.7. The zero-order chi connectivity index (χ0) is 25.8. The number of aromatic nitrogens is 4. The largest absolute Gasteiger partial charge is 0.465 e. The molecule has 0 aliphatic rings. The number of esters is 1. The Labute approximate surface area is 207 Å². The summed E-state index contributed by atoms with van der Waals surface area (Å²) in [5.74, 6) is -0.460. The molecule has 0 atom stereocenters. The van der Waals surface area contributed by atoms with Crippen LogP contribution in [0.2, 0.25) is 0 Å². The molecule has 0 fully saturated rings. The van der Waals surface area contributed by atoms with E-state index in [-0.39, 0.29) is 12.5 Å². The topological polar surface area (TPSA) is 129 Å². The lowest BCUT2D eigenvalue weighted by molar-refractivity contribution is 0.0532. The number of rotatable bonds is 8. The van der Waals surface area contributed by atoms with Gasteiger partial charge in [0.2, 0.25) is 5.95 Å². The van der Waals surface area contributed by atoms with Crippen LogP contribution in [0.1, 0.15) is 53.5 Å². The number of thiophene rings is 1. The molecule has 188 valence electrons. The number of alkyl carbamates (subject to hydrolysis) is 1. The van der Waals surface area contributed by atoms with E-state index < -0.39 is 17.7 Å². The summed E-state index contributed by atoms with van der Waals surface area (Å²) in [4.78, 5) is 42.4. The highest BCUT2D eigenvalue weighted by Crippen LogP contribution is 2.29.